The molecule has 1 heterocycles. The van der Waals surface area contributed by atoms with Crippen molar-refractivity contribution >= 4 is 15.5 Å². The molecule has 0 saturated heterocycles. The third-order valence-corrected chi connectivity index (χ3v) is 3.47. The lowest BCUT2D eigenvalue weighted by Gasteiger charge is -2.06. The fourth-order valence-corrected chi connectivity index (χ4v) is 2.02. The molecule has 1 aromatic heterocycles. The number of nitrogens with zero attached hydrogens (tertiary/aromatic N) is 2. The zero-order valence-corrected chi connectivity index (χ0v) is 10.8. The van der Waals surface area contributed by atoms with Crippen molar-refractivity contribution in [2.24, 2.45) is 0 Å². The molecule has 0 bridgehead atoms. The van der Waals surface area contributed by atoms with E-state index in [-0.39, 0.29) is 4.90 Å². The molecule has 0 aliphatic carbocycles. The summed E-state index contributed by atoms with van der Waals surface area (Å²) in [5.41, 5.74) is 6.88. The Bertz CT molecular complexity index is 677. The second-order valence-corrected chi connectivity index (χ2v) is 5.87. The Kier molecular flexibility index (Phi) is 3.00. The lowest BCUT2D eigenvalue weighted by Crippen LogP contribution is -1.98. The molecule has 96 valence electrons. The highest BCUT2D eigenvalue weighted by Gasteiger charge is 2.11. The van der Waals surface area contributed by atoms with Crippen LogP contribution in [-0.4, -0.2) is 31.6 Å². The first-order valence-corrected chi connectivity index (χ1v) is 6.99. The van der Waals surface area contributed by atoms with Crippen LogP contribution < -0.4 is 10.5 Å². The van der Waals surface area contributed by atoms with Crippen molar-refractivity contribution in [2.45, 2.75) is 4.90 Å². The smallest absolute Gasteiger partial charge is 0.178 e. The zero-order valence-electron chi connectivity index (χ0n) is 9.99. The topological polar surface area (TPSA) is 87.2 Å². The third kappa shape index (κ3) is 2.45. The Labute approximate surface area is 105 Å². The molecule has 0 saturated carbocycles. The lowest BCUT2D eigenvalue weighted by atomic mass is 10.2. The molecule has 0 aliphatic rings. The van der Waals surface area contributed by atoms with Gasteiger partial charge in [0.1, 0.15) is 10.6 Å². The van der Waals surface area contributed by atoms with Gasteiger partial charge >= 0.3 is 0 Å². The van der Waals surface area contributed by atoms with Crippen LogP contribution in [0.1, 0.15) is 0 Å². The number of nitrogens with two attached hydrogens (primary N) is 1. The Balaban J connectivity index is 2.49. The highest BCUT2D eigenvalue weighted by atomic mass is 32.2. The van der Waals surface area contributed by atoms with Crippen molar-refractivity contribution in [3.05, 3.63) is 30.6 Å². The van der Waals surface area contributed by atoms with Crippen LogP contribution in [0.4, 0.5) is 5.69 Å². The average Bonchev–Trinajstić information content (AvgIpc) is 2.77. The largest absolute Gasteiger partial charge is 0.497 e. The average molecular weight is 267 g/mol. The van der Waals surface area contributed by atoms with E-state index in [1.165, 1.54) is 24.2 Å². The van der Waals surface area contributed by atoms with Crippen molar-refractivity contribution < 1.29 is 13.2 Å². The molecule has 18 heavy (non-hydrogen) atoms. The molecule has 0 fully saturated rings. The Hall–Kier alpha value is -2.02. The first-order valence-electron chi connectivity index (χ1n) is 5.10. The maximum Gasteiger partial charge on any atom is 0.178 e. The van der Waals surface area contributed by atoms with E-state index in [9.17, 15) is 8.42 Å². The van der Waals surface area contributed by atoms with Gasteiger partial charge in [0.15, 0.2) is 9.84 Å². The Morgan fingerprint density at radius 3 is 2.61 bits per heavy atom. The number of sulfone groups is 1. The maximum absolute atomic E-state index is 11.4. The van der Waals surface area contributed by atoms with E-state index in [1.54, 1.807) is 18.2 Å². The molecule has 7 heteroatoms. The monoisotopic (exact) mass is 267 g/mol. The number of anilines is 1. The molecule has 0 atom stereocenters. The quantitative estimate of drug-likeness (QED) is 0.834. The number of methoxy groups -OCH3 is 1. The molecule has 0 amide bonds. The van der Waals surface area contributed by atoms with E-state index in [0.29, 0.717) is 17.1 Å². The molecule has 2 aromatic rings. The first kappa shape index (κ1) is 12.4. The second kappa shape index (κ2) is 4.34. The van der Waals surface area contributed by atoms with Gasteiger partial charge in [0.05, 0.1) is 19.0 Å². The van der Waals surface area contributed by atoms with Gasteiger partial charge in [-0.2, -0.15) is 5.10 Å². The summed E-state index contributed by atoms with van der Waals surface area (Å²) in [5.74, 6) is 0.585. The standard InChI is InChI=1S/C11H13N3O3S/c1-17-10-4-8(12)3-9(5-10)14-7-11(6-13-14)18(2,15)16/h3-7H,12H2,1-2H3. The molecule has 2 N–H and O–H groups in total. The van der Waals surface area contributed by atoms with E-state index >= 15 is 0 Å². The summed E-state index contributed by atoms with van der Waals surface area (Å²) in [6.45, 7) is 0. The van der Waals surface area contributed by atoms with E-state index in [1.807, 2.05) is 0 Å². The summed E-state index contributed by atoms with van der Waals surface area (Å²) in [5, 5.41) is 4.00. The molecule has 0 spiro atoms. The van der Waals surface area contributed by atoms with Crippen molar-refractivity contribution in [1.82, 2.24) is 9.78 Å². The summed E-state index contributed by atoms with van der Waals surface area (Å²) < 4.78 is 29.3. The van der Waals surface area contributed by atoms with Crippen LogP contribution >= 0.6 is 0 Å². The van der Waals surface area contributed by atoms with Crippen LogP contribution in [0.3, 0.4) is 0 Å². The summed E-state index contributed by atoms with van der Waals surface area (Å²) in [7, 11) is -1.73. The van der Waals surface area contributed by atoms with Crippen LogP contribution in [0.15, 0.2) is 35.5 Å². The van der Waals surface area contributed by atoms with E-state index in [4.69, 9.17) is 10.5 Å². The molecule has 1 aromatic carbocycles. The number of ether oxygens (including phenoxy) is 1. The molecule has 0 radical (unpaired) electrons. The van der Waals surface area contributed by atoms with Gasteiger partial charge in [-0.15, -0.1) is 0 Å². The van der Waals surface area contributed by atoms with Crippen LogP contribution in [0, 0.1) is 0 Å². The highest BCUT2D eigenvalue weighted by Crippen LogP contribution is 2.21. The van der Waals surface area contributed by atoms with Crippen LogP contribution in [0.25, 0.3) is 5.69 Å². The minimum Gasteiger partial charge on any atom is -0.497 e. The van der Waals surface area contributed by atoms with Crippen molar-refractivity contribution in [3.63, 3.8) is 0 Å². The summed E-state index contributed by atoms with van der Waals surface area (Å²) in [4.78, 5) is 0.156. The predicted octanol–water partition coefficient (Wildman–Crippen LogP) is 0.867. The number of nitrogen functional groups attached to an aromatic ring is 1. The molecular weight excluding hydrogens is 254 g/mol. The molecule has 0 aliphatic heterocycles. The predicted molar refractivity (Wildman–Crippen MR) is 67.6 cm³/mol. The normalized spacial score (nSPS) is 11.4. The van der Waals surface area contributed by atoms with E-state index < -0.39 is 9.84 Å². The van der Waals surface area contributed by atoms with Gasteiger partial charge in [-0.3, -0.25) is 0 Å². The number of benzene rings is 1. The SMILES string of the molecule is COc1cc(N)cc(-n2cc(S(C)(=O)=O)cn2)c1. The number of hydrogen-bond donors (Lipinski definition) is 1. The van der Waals surface area contributed by atoms with Crippen molar-refractivity contribution in [2.75, 3.05) is 19.1 Å². The molecular formula is C11H13N3O3S. The van der Waals surface area contributed by atoms with Gasteiger partial charge in [0, 0.05) is 30.3 Å². The van der Waals surface area contributed by atoms with Crippen molar-refractivity contribution in [3.8, 4) is 11.4 Å². The fourth-order valence-electron chi connectivity index (χ4n) is 1.49. The minimum absolute atomic E-state index is 0.156. The van der Waals surface area contributed by atoms with Gasteiger partial charge in [0.2, 0.25) is 0 Å². The number of hydrogen-bond acceptors (Lipinski definition) is 5. The Morgan fingerprint density at radius 2 is 2.06 bits per heavy atom. The van der Waals surface area contributed by atoms with Gasteiger partial charge in [-0.1, -0.05) is 0 Å². The molecule has 6 nitrogen and oxygen atoms in total. The zero-order chi connectivity index (χ0) is 13.3. The van der Waals surface area contributed by atoms with Crippen LogP contribution in [0.5, 0.6) is 5.75 Å². The van der Waals surface area contributed by atoms with Gasteiger partial charge in [-0.05, 0) is 6.07 Å². The highest BCUT2D eigenvalue weighted by molar-refractivity contribution is 7.90. The summed E-state index contributed by atoms with van der Waals surface area (Å²) >= 11 is 0. The van der Waals surface area contributed by atoms with E-state index in [0.717, 1.165) is 6.26 Å². The summed E-state index contributed by atoms with van der Waals surface area (Å²) in [6.07, 6.45) is 3.86. The maximum atomic E-state index is 11.4. The number of rotatable bonds is 3. The van der Waals surface area contributed by atoms with E-state index in [2.05, 4.69) is 5.10 Å². The summed E-state index contributed by atoms with van der Waals surface area (Å²) in [6, 6.07) is 5.07. The third-order valence-electron chi connectivity index (χ3n) is 2.40. The minimum atomic E-state index is -3.26. The van der Waals surface area contributed by atoms with Crippen LogP contribution in [0.2, 0.25) is 0 Å². The second-order valence-electron chi connectivity index (χ2n) is 3.86. The Morgan fingerprint density at radius 1 is 1.33 bits per heavy atom. The van der Waals surface area contributed by atoms with Gasteiger partial charge < -0.3 is 10.5 Å². The van der Waals surface area contributed by atoms with Gasteiger partial charge in [-0.25, -0.2) is 13.1 Å². The molecule has 2 rings (SSSR count). The van der Waals surface area contributed by atoms with Gasteiger partial charge in [0.25, 0.3) is 0 Å². The number of aromatic nitrogens is 2. The fraction of sp³-hybridized carbons (Fsp3) is 0.182. The van der Waals surface area contributed by atoms with Crippen LogP contribution in [-0.2, 0) is 9.84 Å². The van der Waals surface area contributed by atoms with Crippen molar-refractivity contribution in [1.29, 1.82) is 0 Å². The molecule has 0 unspecified atom stereocenters. The first-order chi connectivity index (χ1) is 8.40. The lowest BCUT2D eigenvalue weighted by molar-refractivity contribution is 0.414.